The maximum Gasteiger partial charge on any atom is 0.220 e. The van der Waals surface area contributed by atoms with Crippen LogP contribution in [0.25, 0.3) is 22.4 Å². The summed E-state index contributed by atoms with van der Waals surface area (Å²) >= 11 is 0. The van der Waals surface area contributed by atoms with Crippen LogP contribution in [-0.4, -0.2) is 20.4 Å². The summed E-state index contributed by atoms with van der Waals surface area (Å²) in [7, 11) is 0. The molecule has 5 nitrogen and oxygen atoms in total. The van der Waals surface area contributed by atoms with E-state index in [1.54, 1.807) is 36.4 Å². The fourth-order valence-corrected chi connectivity index (χ4v) is 1.92. The Hall–Kier alpha value is -3.07. The van der Waals surface area contributed by atoms with E-state index in [0.717, 1.165) is 5.56 Å². The Morgan fingerprint density at radius 3 is 2.50 bits per heavy atom. The lowest BCUT2D eigenvalue weighted by atomic mass is 10.0. The number of H-pyrrole nitrogens is 1. The Morgan fingerprint density at radius 1 is 1.05 bits per heavy atom. The number of pyridine rings is 1. The van der Waals surface area contributed by atoms with Crippen LogP contribution < -0.4 is 0 Å². The number of aromatic nitrogens is 4. The molecule has 20 heavy (non-hydrogen) atoms. The number of nitriles is 1. The first-order valence-electron chi connectivity index (χ1n) is 5.82. The number of nitrogens with zero attached hydrogens (tertiary/aromatic N) is 4. The van der Waals surface area contributed by atoms with Gasteiger partial charge in [-0.25, -0.2) is 4.98 Å². The van der Waals surface area contributed by atoms with Crippen LogP contribution in [0.5, 0.6) is 0 Å². The van der Waals surface area contributed by atoms with Gasteiger partial charge in [0, 0.05) is 17.3 Å². The highest BCUT2D eigenvalue weighted by Crippen LogP contribution is 2.25. The maximum atomic E-state index is 13.6. The largest absolute Gasteiger partial charge is 0.228 e. The molecule has 3 rings (SSSR count). The van der Waals surface area contributed by atoms with E-state index in [0.29, 0.717) is 16.8 Å². The predicted molar refractivity (Wildman–Crippen MR) is 69.7 cm³/mol. The predicted octanol–water partition coefficient (Wildman–Crippen LogP) is 2.54. The van der Waals surface area contributed by atoms with Gasteiger partial charge in [0.15, 0.2) is 5.69 Å². The molecule has 0 amide bonds. The minimum Gasteiger partial charge on any atom is -0.228 e. The van der Waals surface area contributed by atoms with Crippen molar-refractivity contribution in [3.8, 4) is 28.5 Å². The summed E-state index contributed by atoms with van der Waals surface area (Å²) in [6, 6.07) is 12.3. The highest BCUT2D eigenvalue weighted by atomic mass is 19.1. The molecule has 1 N–H and O–H groups in total. The molecule has 0 aliphatic rings. The molecule has 1 aromatic carbocycles. The zero-order valence-corrected chi connectivity index (χ0v) is 10.2. The molecule has 0 atom stereocenters. The molecule has 0 saturated heterocycles. The summed E-state index contributed by atoms with van der Waals surface area (Å²) in [6.45, 7) is 0. The molecule has 0 saturated carbocycles. The van der Waals surface area contributed by atoms with Crippen LogP contribution in [0.15, 0.2) is 42.6 Å². The normalized spacial score (nSPS) is 10.2. The Labute approximate surface area is 113 Å². The maximum absolute atomic E-state index is 13.6. The van der Waals surface area contributed by atoms with Gasteiger partial charge >= 0.3 is 0 Å². The van der Waals surface area contributed by atoms with Gasteiger partial charge in [-0.2, -0.15) is 20.0 Å². The van der Waals surface area contributed by atoms with Gasteiger partial charge in [0.2, 0.25) is 5.95 Å². The van der Waals surface area contributed by atoms with Gasteiger partial charge in [0.05, 0.1) is 0 Å². The van der Waals surface area contributed by atoms with Gasteiger partial charge < -0.3 is 0 Å². The first-order valence-corrected chi connectivity index (χ1v) is 5.82. The van der Waals surface area contributed by atoms with Crippen LogP contribution in [-0.2, 0) is 0 Å². The molecule has 6 heteroatoms. The third-order valence-electron chi connectivity index (χ3n) is 2.88. The molecule has 0 fully saturated rings. The monoisotopic (exact) mass is 265 g/mol. The molecular weight excluding hydrogens is 257 g/mol. The quantitative estimate of drug-likeness (QED) is 0.722. The molecule has 0 spiro atoms. The molecule has 2 aromatic heterocycles. The zero-order chi connectivity index (χ0) is 13.9. The van der Waals surface area contributed by atoms with E-state index in [1.165, 1.54) is 6.20 Å². The minimum absolute atomic E-state index is 0.227. The zero-order valence-electron chi connectivity index (χ0n) is 10.2. The Bertz CT molecular complexity index is 765. The Kier molecular flexibility index (Phi) is 2.94. The fraction of sp³-hybridized carbons (Fsp3) is 0. The summed E-state index contributed by atoms with van der Waals surface area (Å²) in [5, 5.41) is 19.0. The van der Waals surface area contributed by atoms with Crippen molar-refractivity contribution in [1.29, 1.82) is 5.26 Å². The number of nitrogens with one attached hydrogen (secondary N) is 1. The molecule has 0 aliphatic carbocycles. The third-order valence-corrected chi connectivity index (χ3v) is 2.88. The number of hydrogen-bond donors (Lipinski definition) is 1. The van der Waals surface area contributed by atoms with Gasteiger partial charge in [0.25, 0.3) is 0 Å². The first-order chi connectivity index (χ1) is 9.79. The van der Waals surface area contributed by atoms with Gasteiger partial charge in [-0.3, -0.25) is 0 Å². The number of rotatable bonds is 2. The first kappa shape index (κ1) is 12.0. The summed E-state index contributed by atoms with van der Waals surface area (Å²) in [6.07, 6.45) is 1.40. The molecule has 0 radical (unpaired) electrons. The van der Waals surface area contributed by atoms with Crippen LogP contribution in [0.3, 0.4) is 0 Å². The summed E-state index contributed by atoms with van der Waals surface area (Å²) in [5.74, 6) is -0.514. The van der Waals surface area contributed by atoms with Crippen molar-refractivity contribution < 1.29 is 4.39 Å². The van der Waals surface area contributed by atoms with E-state index >= 15 is 0 Å². The number of halogens is 1. The van der Waals surface area contributed by atoms with E-state index in [2.05, 4.69) is 20.4 Å². The number of benzene rings is 1. The van der Waals surface area contributed by atoms with Crippen molar-refractivity contribution >= 4 is 0 Å². The van der Waals surface area contributed by atoms with Crippen molar-refractivity contribution in [2.45, 2.75) is 0 Å². The van der Waals surface area contributed by atoms with Crippen molar-refractivity contribution in [3.63, 3.8) is 0 Å². The van der Waals surface area contributed by atoms with Crippen LogP contribution in [0.4, 0.5) is 4.39 Å². The Balaban J connectivity index is 2.01. The second kappa shape index (κ2) is 4.90. The standard InChI is InChI=1S/C14H8FN5/c15-14-11(2-1-7-17-14)9-3-5-10(6-4-9)13-12(8-16)18-20-19-13/h1-7H,(H,18,19,20). The topological polar surface area (TPSA) is 78.2 Å². The fourth-order valence-electron chi connectivity index (χ4n) is 1.92. The molecule has 96 valence electrons. The molecule has 0 unspecified atom stereocenters. The summed E-state index contributed by atoms with van der Waals surface area (Å²) in [5.41, 5.74) is 2.58. The smallest absolute Gasteiger partial charge is 0.220 e. The van der Waals surface area contributed by atoms with Crippen molar-refractivity contribution in [3.05, 3.63) is 54.2 Å². The SMILES string of the molecule is N#Cc1n[nH]nc1-c1ccc(-c2cccnc2F)cc1. The molecule has 0 bridgehead atoms. The summed E-state index contributed by atoms with van der Waals surface area (Å²) < 4.78 is 13.6. The summed E-state index contributed by atoms with van der Waals surface area (Å²) in [4.78, 5) is 3.62. The average molecular weight is 265 g/mol. The molecule has 0 aliphatic heterocycles. The third kappa shape index (κ3) is 2.01. The van der Waals surface area contributed by atoms with Crippen LogP contribution in [0, 0.1) is 17.3 Å². The van der Waals surface area contributed by atoms with E-state index in [-0.39, 0.29) is 5.69 Å². The number of hydrogen-bond acceptors (Lipinski definition) is 4. The lowest BCUT2D eigenvalue weighted by Crippen LogP contribution is -1.88. The van der Waals surface area contributed by atoms with E-state index < -0.39 is 5.95 Å². The van der Waals surface area contributed by atoms with Gasteiger partial charge in [0.1, 0.15) is 11.8 Å². The molecular formula is C14H8FN5. The second-order valence-corrected chi connectivity index (χ2v) is 4.05. The van der Waals surface area contributed by atoms with Crippen molar-refractivity contribution in [2.75, 3.05) is 0 Å². The van der Waals surface area contributed by atoms with Crippen molar-refractivity contribution in [1.82, 2.24) is 20.4 Å². The van der Waals surface area contributed by atoms with Gasteiger partial charge in [-0.1, -0.05) is 24.3 Å². The van der Waals surface area contributed by atoms with E-state index in [9.17, 15) is 4.39 Å². The lowest BCUT2D eigenvalue weighted by molar-refractivity contribution is 0.587. The van der Waals surface area contributed by atoms with Crippen LogP contribution >= 0.6 is 0 Å². The highest BCUT2D eigenvalue weighted by molar-refractivity contribution is 5.70. The van der Waals surface area contributed by atoms with Gasteiger partial charge in [-0.05, 0) is 17.7 Å². The highest BCUT2D eigenvalue weighted by Gasteiger charge is 2.10. The Morgan fingerprint density at radius 2 is 1.80 bits per heavy atom. The number of aromatic amines is 1. The van der Waals surface area contributed by atoms with Crippen LogP contribution in [0.2, 0.25) is 0 Å². The second-order valence-electron chi connectivity index (χ2n) is 4.05. The van der Waals surface area contributed by atoms with Crippen LogP contribution in [0.1, 0.15) is 5.69 Å². The molecule has 2 heterocycles. The van der Waals surface area contributed by atoms with Gasteiger partial charge in [-0.15, -0.1) is 5.10 Å². The lowest BCUT2D eigenvalue weighted by Gasteiger charge is -2.03. The van der Waals surface area contributed by atoms with E-state index in [4.69, 9.17) is 5.26 Å². The molecule has 3 aromatic rings. The van der Waals surface area contributed by atoms with Crippen molar-refractivity contribution in [2.24, 2.45) is 0 Å². The van der Waals surface area contributed by atoms with E-state index in [1.807, 2.05) is 6.07 Å². The minimum atomic E-state index is -0.514. The average Bonchev–Trinajstić information content (AvgIpc) is 2.96.